The summed E-state index contributed by atoms with van der Waals surface area (Å²) in [5.41, 5.74) is 6.89. The van der Waals surface area contributed by atoms with Crippen LogP contribution in [0.3, 0.4) is 0 Å². The quantitative estimate of drug-likeness (QED) is 0.926. The van der Waals surface area contributed by atoms with E-state index in [0.29, 0.717) is 18.4 Å². The van der Waals surface area contributed by atoms with E-state index in [0.717, 1.165) is 17.7 Å². The van der Waals surface area contributed by atoms with Crippen LogP contribution in [0.2, 0.25) is 0 Å². The normalized spacial score (nSPS) is 13.2. The smallest absolute Gasteiger partial charge is 0.324 e. The number of halogens is 3. The Morgan fingerprint density at radius 1 is 1.10 bits per heavy atom. The molecule has 1 aromatic carbocycles. The summed E-state index contributed by atoms with van der Waals surface area (Å²) in [6, 6.07) is 8.54. The molecule has 0 radical (unpaired) electrons. The van der Waals surface area contributed by atoms with Crippen LogP contribution in [0.25, 0.3) is 0 Å². The van der Waals surface area contributed by atoms with Gasteiger partial charge in [-0.25, -0.2) is 0 Å². The van der Waals surface area contributed by atoms with Crippen LogP contribution in [0.1, 0.15) is 29.2 Å². The molecule has 0 aliphatic heterocycles. The fourth-order valence-electron chi connectivity index (χ4n) is 1.98. The van der Waals surface area contributed by atoms with E-state index < -0.39 is 17.8 Å². The fourth-order valence-corrected chi connectivity index (χ4v) is 1.98. The number of rotatable bonds is 4. The zero-order chi connectivity index (χ0) is 14.6. The maximum Gasteiger partial charge on any atom is 0.416 e. The predicted molar refractivity (Wildman–Crippen MR) is 70.9 cm³/mol. The van der Waals surface area contributed by atoms with E-state index >= 15 is 0 Å². The van der Waals surface area contributed by atoms with Crippen molar-refractivity contribution in [2.24, 2.45) is 5.73 Å². The topological polar surface area (TPSA) is 38.9 Å². The van der Waals surface area contributed by atoms with E-state index in [-0.39, 0.29) is 0 Å². The molecule has 5 heteroatoms. The first kappa shape index (κ1) is 14.5. The molecule has 1 heterocycles. The standard InChI is InChI=1S/C15H15F3N2/c16-15(17,18)13-3-1-2-12(10-13)14(19)5-4-11-6-8-20-9-7-11/h1-3,6-10,14H,4-5,19H2. The van der Waals surface area contributed by atoms with E-state index in [1.54, 1.807) is 18.5 Å². The molecule has 20 heavy (non-hydrogen) atoms. The zero-order valence-electron chi connectivity index (χ0n) is 10.8. The lowest BCUT2D eigenvalue weighted by Gasteiger charge is -2.14. The summed E-state index contributed by atoms with van der Waals surface area (Å²) in [6.45, 7) is 0. The number of nitrogens with two attached hydrogens (primary N) is 1. The second-order valence-electron chi connectivity index (χ2n) is 4.62. The molecule has 0 bridgehead atoms. The van der Waals surface area contributed by atoms with Crippen molar-refractivity contribution < 1.29 is 13.2 Å². The molecule has 0 saturated carbocycles. The van der Waals surface area contributed by atoms with Gasteiger partial charge < -0.3 is 5.73 Å². The number of hydrogen-bond donors (Lipinski definition) is 1. The first-order chi connectivity index (χ1) is 9.47. The largest absolute Gasteiger partial charge is 0.416 e. The molecule has 1 aromatic heterocycles. The third-order valence-corrected chi connectivity index (χ3v) is 3.14. The molecule has 1 atom stereocenters. The van der Waals surface area contributed by atoms with Crippen molar-refractivity contribution in [1.82, 2.24) is 4.98 Å². The Bertz CT molecular complexity index is 553. The Kier molecular flexibility index (Phi) is 4.39. The van der Waals surface area contributed by atoms with Crippen molar-refractivity contribution >= 4 is 0 Å². The first-order valence-corrected chi connectivity index (χ1v) is 6.28. The third kappa shape index (κ3) is 3.81. The SMILES string of the molecule is NC(CCc1ccncc1)c1cccc(C(F)(F)F)c1. The van der Waals surface area contributed by atoms with Gasteiger partial charge in [-0.1, -0.05) is 12.1 Å². The molecule has 106 valence electrons. The Hall–Kier alpha value is -1.88. The average Bonchev–Trinajstić information content (AvgIpc) is 2.45. The van der Waals surface area contributed by atoms with Gasteiger partial charge in [0, 0.05) is 18.4 Å². The molecule has 0 saturated heterocycles. The Labute approximate surface area is 115 Å². The molecule has 2 aromatic rings. The van der Waals surface area contributed by atoms with Gasteiger partial charge in [0.15, 0.2) is 0 Å². The zero-order valence-corrected chi connectivity index (χ0v) is 10.8. The molecular formula is C15H15F3N2. The van der Waals surface area contributed by atoms with Gasteiger partial charge in [0.1, 0.15) is 0 Å². The Balaban J connectivity index is 2.04. The lowest BCUT2D eigenvalue weighted by molar-refractivity contribution is -0.137. The van der Waals surface area contributed by atoms with Gasteiger partial charge in [-0.3, -0.25) is 4.98 Å². The predicted octanol–water partition coefficient (Wildman–Crippen LogP) is 3.73. The van der Waals surface area contributed by atoms with Crippen LogP contribution in [0.5, 0.6) is 0 Å². The first-order valence-electron chi connectivity index (χ1n) is 6.28. The highest BCUT2D eigenvalue weighted by molar-refractivity contribution is 5.28. The van der Waals surface area contributed by atoms with Gasteiger partial charge in [-0.15, -0.1) is 0 Å². The average molecular weight is 280 g/mol. The number of alkyl halides is 3. The molecule has 2 nitrogen and oxygen atoms in total. The lowest BCUT2D eigenvalue weighted by Crippen LogP contribution is -2.13. The fraction of sp³-hybridized carbons (Fsp3) is 0.267. The van der Waals surface area contributed by atoms with Gasteiger partial charge >= 0.3 is 6.18 Å². The minimum Gasteiger partial charge on any atom is -0.324 e. The number of aromatic nitrogens is 1. The van der Waals surface area contributed by atoms with Crippen LogP contribution in [0.4, 0.5) is 13.2 Å². The van der Waals surface area contributed by atoms with Gasteiger partial charge in [0.2, 0.25) is 0 Å². The molecule has 0 aliphatic carbocycles. The van der Waals surface area contributed by atoms with Gasteiger partial charge in [-0.05, 0) is 48.2 Å². The summed E-state index contributed by atoms with van der Waals surface area (Å²) < 4.78 is 37.9. The second-order valence-corrected chi connectivity index (χ2v) is 4.62. The number of nitrogens with zero attached hydrogens (tertiary/aromatic N) is 1. The van der Waals surface area contributed by atoms with Crippen LogP contribution in [0, 0.1) is 0 Å². The monoisotopic (exact) mass is 280 g/mol. The van der Waals surface area contributed by atoms with Crippen LogP contribution < -0.4 is 5.73 Å². The van der Waals surface area contributed by atoms with Crippen LogP contribution in [-0.4, -0.2) is 4.98 Å². The van der Waals surface area contributed by atoms with E-state index in [9.17, 15) is 13.2 Å². The van der Waals surface area contributed by atoms with E-state index in [2.05, 4.69) is 4.98 Å². The maximum atomic E-state index is 12.6. The summed E-state index contributed by atoms with van der Waals surface area (Å²) in [7, 11) is 0. The highest BCUT2D eigenvalue weighted by Crippen LogP contribution is 2.31. The Morgan fingerprint density at radius 2 is 1.80 bits per heavy atom. The van der Waals surface area contributed by atoms with Crippen LogP contribution in [0.15, 0.2) is 48.8 Å². The molecule has 0 fully saturated rings. The molecule has 0 aliphatic rings. The van der Waals surface area contributed by atoms with Gasteiger partial charge in [0.05, 0.1) is 5.56 Å². The van der Waals surface area contributed by atoms with Crippen molar-refractivity contribution in [3.8, 4) is 0 Å². The molecular weight excluding hydrogens is 265 g/mol. The summed E-state index contributed by atoms with van der Waals surface area (Å²) >= 11 is 0. The number of pyridine rings is 1. The highest BCUT2D eigenvalue weighted by atomic mass is 19.4. The van der Waals surface area contributed by atoms with Gasteiger partial charge in [0.25, 0.3) is 0 Å². The number of aryl methyl sites for hydroxylation is 1. The van der Waals surface area contributed by atoms with Crippen LogP contribution in [-0.2, 0) is 12.6 Å². The molecule has 0 amide bonds. The van der Waals surface area contributed by atoms with Crippen molar-refractivity contribution in [2.45, 2.75) is 25.1 Å². The minimum atomic E-state index is -4.33. The third-order valence-electron chi connectivity index (χ3n) is 3.14. The Morgan fingerprint density at radius 3 is 2.45 bits per heavy atom. The van der Waals surface area contributed by atoms with Crippen molar-refractivity contribution in [3.05, 3.63) is 65.5 Å². The second kappa shape index (κ2) is 6.05. The van der Waals surface area contributed by atoms with Crippen molar-refractivity contribution in [3.63, 3.8) is 0 Å². The summed E-state index contributed by atoms with van der Waals surface area (Å²) in [6.07, 6.45) is 0.336. The van der Waals surface area contributed by atoms with Crippen molar-refractivity contribution in [1.29, 1.82) is 0 Å². The summed E-state index contributed by atoms with van der Waals surface area (Å²) in [4.78, 5) is 3.91. The van der Waals surface area contributed by atoms with E-state index in [1.807, 2.05) is 12.1 Å². The highest BCUT2D eigenvalue weighted by Gasteiger charge is 2.30. The lowest BCUT2D eigenvalue weighted by atomic mass is 9.98. The molecule has 0 spiro atoms. The van der Waals surface area contributed by atoms with E-state index in [1.165, 1.54) is 6.07 Å². The number of hydrogen-bond acceptors (Lipinski definition) is 2. The van der Waals surface area contributed by atoms with Gasteiger partial charge in [-0.2, -0.15) is 13.2 Å². The maximum absolute atomic E-state index is 12.6. The molecule has 2 rings (SSSR count). The number of benzene rings is 1. The van der Waals surface area contributed by atoms with Crippen molar-refractivity contribution in [2.75, 3.05) is 0 Å². The molecule has 1 unspecified atom stereocenters. The molecule has 2 N–H and O–H groups in total. The summed E-state index contributed by atoms with van der Waals surface area (Å²) in [5, 5.41) is 0. The summed E-state index contributed by atoms with van der Waals surface area (Å²) in [5.74, 6) is 0. The van der Waals surface area contributed by atoms with Crippen LogP contribution >= 0.6 is 0 Å². The minimum absolute atomic E-state index is 0.412. The van der Waals surface area contributed by atoms with E-state index in [4.69, 9.17) is 5.73 Å².